The summed E-state index contributed by atoms with van der Waals surface area (Å²) >= 11 is 0. The van der Waals surface area contributed by atoms with Gasteiger partial charge >= 0.3 is 6.09 Å². The van der Waals surface area contributed by atoms with Crippen LogP contribution < -0.4 is 4.72 Å². The molecular weight excluding hydrogens is 242 g/mol. The molecule has 2 N–H and O–H groups in total. The van der Waals surface area contributed by atoms with Crippen molar-refractivity contribution in [3.8, 4) is 0 Å². The van der Waals surface area contributed by atoms with E-state index in [4.69, 9.17) is 5.11 Å². The molecule has 0 aromatic rings. The Balaban J connectivity index is 2.41. The maximum atomic E-state index is 11.7. The van der Waals surface area contributed by atoms with Gasteiger partial charge in [0.1, 0.15) is 0 Å². The molecule has 0 bridgehead atoms. The summed E-state index contributed by atoms with van der Waals surface area (Å²) in [6.45, 7) is 3.62. The van der Waals surface area contributed by atoms with Crippen LogP contribution in [-0.2, 0) is 10.0 Å². The molecule has 0 aromatic heterocycles. The molecule has 1 fully saturated rings. The van der Waals surface area contributed by atoms with Crippen LogP contribution in [0, 0.1) is 0 Å². The van der Waals surface area contributed by atoms with E-state index in [1.807, 2.05) is 6.08 Å². The van der Waals surface area contributed by atoms with Crippen molar-refractivity contribution in [3.63, 3.8) is 0 Å². The highest BCUT2D eigenvalue weighted by atomic mass is 32.2. The number of sulfonamides is 1. The van der Waals surface area contributed by atoms with E-state index in [-0.39, 0.29) is 0 Å². The Morgan fingerprint density at radius 2 is 2.00 bits per heavy atom. The number of allylic oxidation sites excluding steroid dienone is 1. The van der Waals surface area contributed by atoms with Gasteiger partial charge in [0.05, 0.1) is 4.75 Å². The van der Waals surface area contributed by atoms with Crippen LogP contribution in [0.15, 0.2) is 12.7 Å². The first kappa shape index (κ1) is 14.0. The Hall–Kier alpha value is -1.04. The Labute approximate surface area is 102 Å². The molecular formula is C11H19NO4S. The van der Waals surface area contributed by atoms with Crippen LogP contribution in [0.1, 0.15) is 44.9 Å². The van der Waals surface area contributed by atoms with Gasteiger partial charge in [0.15, 0.2) is 0 Å². The molecule has 0 aliphatic heterocycles. The molecule has 1 rings (SSSR count). The standard InChI is InChI=1S/C11H19NO4S/c1-2-3-4-5-6-7-11(8-9-11)17(15,16)12-10(13)14/h2,12H,1,3-9H2,(H,13,14). The molecule has 0 heterocycles. The van der Waals surface area contributed by atoms with E-state index in [9.17, 15) is 13.2 Å². The van der Waals surface area contributed by atoms with E-state index in [1.54, 1.807) is 4.72 Å². The number of carboxylic acid groups (broad SMARTS) is 1. The summed E-state index contributed by atoms with van der Waals surface area (Å²) in [5.74, 6) is 0. The highest BCUT2D eigenvalue weighted by Gasteiger charge is 2.54. The molecule has 1 aliphatic carbocycles. The molecule has 0 radical (unpaired) electrons. The Bertz CT molecular complexity index is 384. The lowest BCUT2D eigenvalue weighted by Gasteiger charge is -2.15. The third-order valence-corrected chi connectivity index (χ3v) is 5.34. The molecule has 17 heavy (non-hydrogen) atoms. The lowest BCUT2D eigenvalue weighted by atomic mass is 10.1. The number of carbonyl (C=O) groups is 1. The molecule has 1 aliphatic rings. The summed E-state index contributed by atoms with van der Waals surface area (Å²) < 4.78 is 24.3. The molecule has 0 saturated heterocycles. The van der Waals surface area contributed by atoms with Crippen molar-refractivity contribution >= 4 is 16.1 Å². The van der Waals surface area contributed by atoms with Crippen LogP contribution >= 0.6 is 0 Å². The second-order valence-electron chi connectivity index (χ2n) is 4.48. The van der Waals surface area contributed by atoms with Gasteiger partial charge in [-0.3, -0.25) is 0 Å². The number of rotatable bonds is 8. The van der Waals surface area contributed by atoms with Gasteiger partial charge in [0.25, 0.3) is 0 Å². The average Bonchev–Trinajstić information content (AvgIpc) is 2.97. The fraction of sp³-hybridized carbons (Fsp3) is 0.727. The summed E-state index contributed by atoms with van der Waals surface area (Å²) in [6, 6.07) is 0. The van der Waals surface area contributed by atoms with Crippen molar-refractivity contribution in [2.45, 2.75) is 49.7 Å². The first-order chi connectivity index (χ1) is 7.93. The number of hydrogen-bond donors (Lipinski definition) is 2. The second kappa shape index (κ2) is 5.53. The Morgan fingerprint density at radius 1 is 1.35 bits per heavy atom. The predicted octanol–water partition coefficient (Wildman–Crippen LogP) is 2.25. The van der Waals surface area contributed by atoms with Crippen LogP contribution in [0.3, 0.4) is 0 Å². The van der Waals surface area contributed by atoms with E-state index in [2.05, 4.69) is 6.58 Å². The predicted molar refractivity (Wildman–Crippen MR) is 65.3 cm³/mol. The van der Waals surface area contributed by atoms with Gasteiger partial charge in [-0.05, 0) is 32.1 Å². The van der Waals surface area contributed by atoms with Crippen molar-refractivity contribution in [2.24, 2.45) is 0 Å². The number of unbranched alkanes of at least 4 members (excludes halogenated alkanes) is 3. The van der Waals surface area contributed by atoms with Crippen molar-refractivity contribution in [1.29, 1.82) is 0 Å². The zero-order valence-electron chi connectivity index (χ0n) is 9.81. The fourth-order valence-corrected chi connectivity index (χ4v) is 3.43. The molecule has 98 valence electrons. The Morgan fingerprint density at radius 3 is 2.47 bits per heavy atom. The third kappa shape index (κ3) is 3.73. The van der Waals surface area contributed by atoms with Gasteiger partial charge in [0.2, 0.25) is 10.0 Å². The van der Waals surface area contributed by atoms with Gasteiger partial charge in [-0.15, -0.1) is 6.58 Å². The molecule has 1 amide bonds. The number of amides is 1. The van der Waals surface area contributed by atoms with Gasteiger partial charge in [-0.2, -0.15) is 0 Å². The molecule has 0 unspecified atom stereocenters. The normalized spacial score (nSPS) is 17.4. The lowest BCUT2D eigenvalue weighted by molar-refractivity contribution is 0.201. The van der Waals surface area contributed by atoms with Gasteiger partial charge in [0, 0.05) is 0 Å². The van der Waals surface area contributed by atoms with Crippen molar-refractivity contribution in [2.75, 3.05) is 0 Å². The van der Waals surface area contributed by atoms with Crippen LogP contribution in [0.25, 0.3) is 0 Å². The minimum absolute atomic E-state index is 0.548. The Kier molecular flexibility index (Phi) is 4.56. The molecule has 6 heteroatoms. The summed E-state index contributed by atoms with van der Waals surface area (Å²) in [5, 5.41) is 8.48. The van der Waals surface area contributed by atoms with Crippen molar-refractivity contribution in [3.05, 3.63) is 12.7 Å². The maximum absolute atomic E-state index is 11.7. The van der Waals surface area contributed by atoms with E-state index in [0.717, 1.165) is 25.7 Å². The zero-order valence-corrected chi connectivity index (χ0v) is 10.6. The summed E-state index contributed by atoms with van der Waals surface area (Å²) in [4.78, 5) is 10.4. The topological polar surface area (TPSA) is 83.5 Å². The highest BCUT2D eigenvalue weighted by Crippen LogP contribution is 2.47. The summed E-state index contributed by atoms with van der Waals surface area (Å²) in [7, 11) is -3.71. The summed E-state index contributed by atoms with van der Waals surface area (Å²) in [5.41, 5.74) is 0. The maximum Gasteiger partial charge on any atom is 0.418 e. The third-order valence-electron chi connectivity index (χ3n) is 3.14. The quantitative estimate of drug-likeness (QED) is 0.518. The van der Waals surface area contributed by atoms with Gasteiger partial charge in [-0.25, -0.2) is 17.9 Å². The van der Waals surface area contributed by atoms with Crippen LogP contribution in [0.4, 0.5) is 4.79 Å². The largest absolute Gasteiger partial charge is 0.464 e. The SMILES string of the molecule is C=CCCCCCC1(S(=O)(=O)NC(=O)O)CC1. The van der Waals surface area contributed by atoms with Crippen LogP contribution in [0.2, 0.25) is 0 Å². The molecule has 0 atom stereocenters. The van der Waals surface area contributed by atoms with E-state index < -0.39 is 20.9 Å². The summed E-state index contributed by atoms with van der Waals surface area (Å²) in [6.07, 6.45) is 5.74. The van der Waals surface area contributed by atoms with Crippen LogP contribution in [-0.4, -0.2) is 24.4 Å². The molecule has 1 saturated carbocycles. The van der Waals surface area contributed by atoms with Gasteiger partial charge < -0.3 is 5.11 Å². The monoisotopic (exact) mass is 261 g/mol. The van der Waals surface area contributed by atoms with E-state index >= 15 is 0 Å². The highest BCUT2D eigenvalue weighted by molar-refractivity contribution is 7.91. The van der Waals surface area contributed by atoms with E-state index in [0.29, 0.717) is 19.3 Å². The molecule has 0 aromatic carbocycles. The number of hydrogen-bond acceptors (Lipinski definition) is 3. The zero-order chi connectivity index (χ0) is 12.9. The number of nitrogens with one attached hydrogen (secondary N) is 1. The lowest BCUT2D eigenvalue weighted by Crippen LogP contribution is -2.39. The van der Waals surface area contributed by atoms with Crippen molar-refractivity contribution in [1.82, 2.24) is 4.72 Å². The second-order valence-corrected chi connectivity index (χ2v) is 6.56. The average molecular weight is 261 g/mol. The van der Waals surface area contributed by atoms with Crippen LogP contribution in [0.5, 0.6) is 0 Å². The fourth-order valence-electron chi connectivity index (χ4n) is 1.93. The smallest absolute Gasteiger partial charge is 0.418 e. The first-order valence-electron chi connectivity index (χ1n) is 5.80. The van der Waals surface area contributed by atoms with Crippen molar-refractivity contribution < 1.29 is 18.3 Å². The minimum atomic E-state index is -3.71. The minimum Gasteiger partial charge on any atom is -0.464 e. The first-order valence-corrected chi connectivity index (χ1v) is 7.28. The molecule has 0 spiro atoms. The molecule has 5 nitrogen and oxygen atoms in total. The van der Waals surface area contributed by atoms with Gasteiger partial charge in [-0.1, -0.05) is 18.9 Å². The van der Waals surface area contributed by atoms with E-state index in [1.165, 1.54) is 0 Å².